The van der Waals surface area contributed by atoms with Crippen molar-refractivity contribution in [1.82, 2.24) is 10.3 Å². The van der Waals surface area contributed by atoms with E-state index in [4.69, 9.17) is 5.73 Å². The highest BCUT2D eigenvalue weighted by atomic mass is 16.2. The predicted molar refractivity (Wildman–Crippen MR) is 98.9 cm³/mol. The molecule has 0 bridgehead atoms. The first-order valence-electron chi connectivity index (χ1n) is 8.89. The SMILES string of the molecule is Cc1ccc2[nH]cc(CC(C)NC(=O)C3(N)CCCC3(C)C)c2c1. The average molecular weight is 327 g/mol. The third-order valence-electron chi connectivity index (χ3n) is 5.81. The van der Waals surface area contributed by atoms with Gasteiger partial charge in [0, 0.05) is 23.1 Å². The lowest BCUT2D eigenvalue weighted by molar-refractivity contribution is -0.130. The van der Waals surface area contributed by atoms with Crippen LogP contribution in [0.15, 0.2) is 24.4 Å². The molecule has 1 aliphatic carbocycles. The number of H-pyrrole nitrogens is 1. The number of hydrogen-bond donors (Lipinski definition) is 3. The van der Waals surface area contributed by atoms with Gasteiger partial charge >= 0.3 is 0 Å². The molecule has 1 aliphatic rings. The number of amides is 1. The molecular formula is C20H29N3O. The Morgan fingerprint density at radius 3 is 2.79 bits per heavy atom. The van der Waals surface area contributed by atoms with Crippen LogP contribution >= 0.6 is 0 Å². The lowest BCUT2D eigenvalue weighted by Crippen LogP contribution is -2.61. The van der Waals surface area contributed by atoms with E-state index in [1.165, 1.54) is 16.5 Å². The van der Waals surface area contributed by atoms with Crippen LogP contribution in [-0.2, 0) is 11.2 Å². The minimum absolute atomic E-state index is 0.00600. The van der Waals surface area contributed by atoms with Gasteiger partial charge in [0.1, 0.15) is 5.54 Å². The Kier molecular flexibility index (Phi) is 4.20. The normalized spacial score (nSPS) is 24.2. The number of nitrogens with one attached hydrogen (secondary N) is 2. The van der Waals surface area contributed by atoms with Gasteiger partial charge in [-0.25, -0.2) is 0 Å². The summed E-state index contributed by atoms with van der Waals surface area (Å²) in [5.41, 5.74) is 9.22. The highest BCUT2D eigenvalue weighted by Gasteiger charge is 2.51. The fraction of sp³-hybridized carbons (Fsp3) is 0.550. The number of benzene rings is 1. The van der Waals surface area contributed by atoms with Crippen molar-refractivity contribution in [3.8, 4) is 0 Å². The molecule has 0 aliphatic heterocycles. The Bertz CT molecular complexity index is 761. The Morgan fingerprint density at radius 2 is 2.12 bits per heavy atom. The zero-order chi connectivity index (χ0) is 17.5. The van der Waals surface area contributed by atoms with Crippen LogP contribution in [0, 0.1) is 12.3 Å². The highest BCUT2D eigenvalue weighted by molar-refractivity contribution is 5.88. The maximum atomic E-state index is 12.8. The molecule has 2 atom stereocenters. The maximum absolute atomic E-state index is 12.8. The number of aryl methyl sites for hydroxylation is 1. The van der Waals surface area contributed by atoms with Gasteiger partial charge in [-0.05, 0) is 56.2 Å². The lowest BCUT2D eigenvalue weighted by Gasteiger charge is -2.37. The third kappa shape index (κ3) is 2.84. The van der Waals surface area contributed by atoms with Crippen molar-refractivity contribution in [2.45, 2.75) is 65.0 Å². The van der Waals surface area contributed by atoms with E-state index in [-0.39, 0.29) is 17.4 Å². The standard InChI is InChI=1S/C20H29N3O/c1-13-6-7-17-16(10-13)15(12-22-17)11-14(2)23-18(24)20(21)9-5-8-19(20,3)4/h6-7,10,12,14,22H,5,8-9,11,21H2,1-4H3,(H,23,24). The first-order valence-corrected chi connectivity index (χ1v) is 8.89. The molecule has 4 heteroatoms. The summed E-state index contributed by atoms with van der Waals surface area (Å²) in [5.74, 6) is -0.00600. The molecule has 3 rings (SSSR count). The monoisotopic (exact) mass is 327 g/mol. The van der Waals surface area contributed by atoms with E-state index in [0.717, 1.165) is 31.2 Å². The first kappa shape index (κ1) is 17.0. The summed E-state index contributed by atoms with van der Waals surface area (Å²) in [7, 11) is 0. The Hall–Kier alpha value is -1.81. The molecule has 1 heterocycles. The van der Waals surface area contributed by atoms with E-state index in [0.29, 0.717) is 0 Å². The minimum atomic E-state index is -0.752. The Labute approximate surface area is 144 Å². The third-order valence-corrected chi connectivity index (χ3v) is 5.81. The predicted octanol–water partition coefficient (Wildman–Crippen LogP) is 3.43. The van der Waals surface area contributed by atoms with Gasteiger partial charge in [0.2, 0.25) is 5.91 Å². The summed E-state index contributed by atoms with van der Waals surface area (Å²) in [5, 5.41) is 4.39. The number of aromatic nitrogens is 1. The topological polar surface area (TPSA) is 70.9 Å². The van der Waals surface area contributed by atoms with Gasteiger partial charge in [0.25, 0.3) is 0 Å². The average Bonchev–Trinajstić information content (AvgIpc) is 3.01. The highest BCUT2D eigenvalue weighted by Crippen LogP contribution is 2.44. The van der Waals surface area contributed by atoms with Crippen molar-refractivity contribution < 1.29 is 4.79 Å². The number of fused-ring (bicyclic) bond motifs is 1. The van der Waals surface area contributed by atoms with Crippen LogP contribution in [0.5, 0.6) is 0 Å². The molecule has 0 saturated heterocycles. The summed E-state index contributed by atoms with van der Waals surface area (Å²) >= 11 is 0. The van der Waals surface area contributed by atoms with Gasteiger partial charge in [0.15, 0.2) is 0 Å². The molecule has 24 heavy (non-hydrogen) atoms. The second-order valence-corrected chi connectivity index (χ2v) is 8.15. The van der Waals surface area contributed by atoms with Gasteiger partial charge < -0.3 is 16.0 Å². The van der Waals surface area contributed by atoms with E-state index in [1.807, 2.05) is 6.20 Å². The molecule has 0 radical (unpaired) electrons. The number of rotatable bonds is 4. The number of hydrogen-bond acceptors (Lipinski definition) is 2. The van der Waals surface area contributed by atoms with Crippen LogP contribution in [0.3, 0.4) is 0 Å². The molecule has 2 unspecified atom stereocenters. The maximum Gasteiger partial charge on any atom is 0.240 e. The summed E-state index contributed by atoms with van der Waals surface area (Å²) in [6.45, 7) is 8.36. The zero-order valence-corrected chi connectivity index (χ0v) is 15.2. The summed E-state index contributed by atoms with van der Waals surface area (Å²) < 4.78 is 0. The number of nitrogens with two attached hydrogens (primary N) is 1. The second kappa shape index (κ2) is 5.92. The molecule has 4 nitrogen and oxygen atoms in total. The van der Waals surface area contributed by atoms with Crippen molar-refractivity contribution in [3.05, 3.63) is 35.5 Å². The van der Waals surface area contributed by atoms with E-state index in [9.17, 15) is 4.79 Å². The van der Waals surface area contributed by atoms with E-state index < -0.39 is 5.54 Å². The molecule has 4 N–H and O–H groups in total. The molecule has 1 amide bonds. The number of carbonyl (C=O) groups is 1. The van der Waals surface area contributed by atoms with Crippen molar-refractivity contribution in [1.29, 1.82) is 0 Å². The molecule has 1 saturated carbocycles. The van der Waals surface area contributed by atoms with Gasteiger partial charge in [0.05, 0.1) is 0 Å². The summed E-state index contributed by atoms with van der Waals surface area (Å²) in [4.78, 5) is 16.1. The first-order chi connectivity index (χ1) is 11.2. The van der Waals surface area contributed by atoms with Crippen molar-refractivity contribution in [2.24, 2.45) is 11.1 Å². The van der Waals surface area contributed by atoms with Crippen LogP contribution < -0.4 is 11.1 Å². The summed E-state index contributed by atoms with van der Waals surface area (Å²) in [6.07, 6.45) is 5.64. The van der Waals surface area contributed by atoms with E-state index in [2.05, 4.69) is 56.2 Å². The fourth-order valence-corrected chi connectivity index (χ4v) is 3.99. The van der Waals surface area contributed by atoms with E-state index >= 15 is 0 Å². The van der Waals surface area contributed by atoms with Crippen molar-refractivity contribution >= 4 is 16.8 Å². The Morgan fingerprint density at radius 1 is 1.38 bits per heavy atom. The number of carbonyl (C=O) groups excluding carboxylic acids is 1. The lowest BCUT2D eigenvalue weighted by atomic mass is 9.75. The van der Waals surface area contributed by atoms with Crippen LogP contribution in [0.1, 0.15) is 51.2 Å². The fourth-order valence-electron chi connectivity index (χ4n) is 3.99. The molecule has 1 aromatic carbocycles. The van der Waals surface area contributed by atoms with Gasteiger partial charge in [-0.1, -0.05) is 31.9 Å². The molecule has 0 spiro atoms. The molecule has 1 aromatic heterocycles. The molecule has 1 fully saturated rings. The van der Waals surface area contributed by atoms with Crippen LogP contribution in [0.4, 0.5) is 0 Å². The minimum Gasteiger partial charge on any atom is -0.361 e. The number of aromatic amines is 1. The Balaban J connectivity index is 1.72. The largest absolute Gasteiger partial charge is 0.361 e. The zero-order valence-electron chi connectivity index (χ0n) is 15.2. The molecule has 130 valence electrons. The molecular weight excluding hydrogens is 298 g/mol. The summed E-state index contributed by atoms with van der Waals surface area (Å²) in [6, 6.07) is 6.45. The van der Waals surface area contributed by atoms with Crippen LogP contribution in [0.25, 0.3) is 10.9 Å². The molecule has 2 aromatic rings. The van der Waals surface area contributed by atoms with Gasteiger partial charge in [-0.3, -0.25) is 4.79 Å². The van der Waals surface area contributed by atoms with Gasteiger partial charge in [-0.15, -0.1) is 0 Å². The smallest absolute Gasteiger partial charge is 0.240 e. The van der Waals surface area contributed by atoms with E-state index in [1.54, 1.807) is 0 Å². The second-order valence-electron chi connectivity index (χ2n) is 8.15. The van der Waals surface area contributed by atoms with Crippen LogP contribution in [-0.4, -0.2) is 22.5 Å². The van der Waals surface area contributed by atoms with Crippen molar-refractivity contribution in [3.63, 3.8) is 0 Å². The van der Waals surface area contributed by atoms with Crippen molar-refractivity contribution in [2.75, 3.05) is 0 Å². The van der Waals surface area contributed by atoms with Crippen LogP contribution in [0.2, 0.25) is 0 Å². The van der Waals surface area contributed by atoms with Gasteiger partial charge in [-0.2, -0.15) is 0 Å². The quantitative estimate of drug-likeness (QED) is 0.805.